The number of nitrogens with zero attached hydrogens (tertiary/aromatic N) is 5. The molecule has 168 valence electrons. The van der Waals surface area contributed by atoms with E-state index < -0.39 is 0 Å². The van der Waals surface area contributed by atoms with Crippen molar-refractivity contribution in [3.8, 4) is 5.69 Å². The minimum absolute atomic E-state index is 0.100. The average Bonchev–Trinajstić information content (AvgIpc) is 3.40. The highest BCUT2D eigenvalue weighted by atomic mass is 16.2. The third-order valence-corrected chi connectivity index (χ3v) is 6.66. The van der Waals surface area contributed by atoms with Crippen LogP contribution in [0.2, 0.25) is 0 Å². The van der Waals surface area contributed by atoms with Gasteiger partial charge in [0.2, 0.25) is 0 Å². The Hall–Kier alpha value is -2.93. The van der Waals surface area contributed by atoms with E-state index in [0.717, 1.165) is 68.2 Å². The zero-order chi connectivity index (χ0) is 22.1. The molecule has 7 nitrogen and oxygen atoms in total. The van der Waals surface area contributed by atoms with Crippen LogP contribution in [0.15, 0.2) is 36.5 Å². The quantitative estimate of drug-likeness (QED) is 0.681. The number of piperazine rings is 1. The van der Waals surface area contributed by atoms with Gasteiger partial charge in [-0.3, -0.25) is 9.47 Å². The van der Waals surface area contributed by atoms with E-state index in [2.05, 4.69) is 51.8 Å². The van der Waals surface area contributed by atoms with Crippen LogP contribution in [0.4, 0.5) is 4.79 Å². The number of aromatic nitrogens is 3. The van der Waals surface area contributed by atoms with E-state index in [1.165, 1.54) is 24.0 Å². The summed E-state index contributed by atoms with van der Waals surface area (Å²) in [5.41, 5.74) is 5.36. The van der Waals surface area contributed by atoms with Crippen LogP contribution in [0.1, 0.15) is 42.6 Å². The van der Waals surface area contributed by atoms with Gasteiger partial charge in [-0.25, -0.2) is 14.8 Å². The van der Waals surface area contributed by atoms with Crippen molar-refractivity contribution in [3.05, 3.63) is 53.5 Å². The summed E-state index contributed by atoms with van der Waals surface area (Å²) in [6.45, 7) is 8.18. The molecule has 2 aromatic heterocycles. The van der Waals surface area contributed by atoms with Crippen molar-refractivity contribution in [2.75, 3.05) is 26.2 Å². The molecular weight excluding hydrogens is 400 g/mol. The maximum atomic E-state index is 12.6. The highest BCUT2D eigenvalue weighted by Gasteiger charge is 2.25. The maximum absolute atomic E-state index is 12.6. The summed E-state index contributed by atoms with van der Waals surface area (Å²) in [5.74, 6) is 0.993. The number of benzene rings is 1. The molecule has 0 atom stereocenters. The van der Waals surface area contributed by atoms with Gasteiger partial charge in [-0.1, -0.05) is 18.9 Å². The molecule has 1 saturated carbocycles. The van der Waals surface area contributed by atoms with Crippen molar-refractivity contribution in [2.24, 2.45) is 0 Å². The third-order valence-electron chi connectivity index (χ3n) is 6.66. The molecular formula is C25H32N6O. The van der Waals surface area contributed by atoms with Gasteiger partial charge in [0.1, 0.15) is 11.3 Å². The number of urea groups is 1. The second-order valence-electron chi connectivity index (χ2n) is 9.25. The molecule has 0 radical (unpaired) electrons. The largest absolute Gasteiger partial charge is 0.335 e. The molecule has 1 aromatic carbocycles. The molecule has 7 heteroatoms. The Morgan fingerprint density at radius 1 is 1.06 bits per heavy atom. The van der Waals surface area contributed by atoms with Crippen LogP contribution in [0.3, 0.4) is 0 Å². The first kappa shape index (κ1) is 20.9. The Kier molecular flexibility index (Phi) is 5.83. The van der Waals surface area contributed by atoms with E-state index in [-0.39, 0.29) is 6.03 Å². The smallest absolute Gasteiger partial charge is 0.317 e. The summed E-state index contributed by atoms with van der Waals surface area (Å²) >= 11 is 0. The van der Waals surface area contributed by atoms with E-state index in [1.54, 1.807) is 0 Å². The summed E-state index contributed by atoms with van der Waals surface area (Å²) in [4.78, 5) is 26.5. The minimum Gasteiger partial charge on any atom is -0.335 e. The Morgan fingerprint density at radius 2 is 1.78 bits per heavy atom. The van der Waals surface area contributed by atoms with E-state index >= 15 is 0 Å². The molecule has 1 N–H and O–H groups in total. The lowest BCUT2D eigenvalue weighted by atomic mass is 10.1. The third kappa shape index (κ3) is 4.35. The first-order chi connectivity index (χ1) is 15.6. The lowest BCUT2D eigenvalue weighted by molar-refractivity contribution is 0.131. The van der Waals surface area contributed by atoms with Crippen molar-refractivity contribution in [1.29, 1.82) is 0 Å². The van der Waals surface area contributed by atoms with E-state index in [9.17, 15) is 4.79 Å². The molecule has 0 spiro atoms. The lowest BCUT2D eigenvalue weighted by Crippen LogP contribution is -2.53. The molecule has 2 aliphatic rings. The Labute approximate surface area is 189 Å². The topological polar surface area (TPSA) is 66.3 Å². The van der Waals surface area contributed by atoms with Gasteiger partial charge in [-0.15, -0.1) is 0 Å². The molecule has 0 bridgehead atoms. The fraction of sp³-hybridized carbons (Fsp3) is 0.480. The van der Waals surface area contributed by atoms with Crippen molar-refractivity contribution in [3.63, 3.8) is 0 Å². The number of carbonyl (C=O) groups is 1. The van der Waals surface area contributed by atoms with Crippen LogP contribution in [0.25, 0.3) is 16.9 Å². The summed E-state index contributed by atoms with van der Waals surface area (Å²) in [6, 6.07) is 11.0. The highest BCUT2D eigenvalue weighted by molar-refractivity contribution is 5.75. The summed E-state index contributed by atoms with van der Waals surface area (Å²) < 4.78 is 2.19. The zero-order valence-corrected chi connectivity index (χ0v) is 19.0. The van der Waals surface area contributed by atoms with Crippen molar-refractivity contribution < 1.29 is 4.79 Å². The predicted octanol–water partition coefficient (Wildman–Crippen LogP) is 3.81. The number of fused-ring (bicyclic) bond motifs is 1. The standard InChI is InChI=1S/C25H32N6O/c1-18-14-19(2)16-21(15-18)31-23(28-22-8-5-9-26-24(22)31)17-29-10-12-30(13-11-29)25(32)27-20-6-3-4-7-20/h5,8-9,14-16,20H,3-4,6-7,10-13,17H2,1-2H3,(H,27,32). The lowest BCUT2D eigenvalue weighted by Gasteiger charge is -2.35. The summed E-state index contributed by atoms with van der Waals surface area (Å²) in [6.07, 6.45) is 6.53. The first-order valence-corrected chi connectivity index (χ1v) is 11.8. The van der Waals surface area contributed by atoms with Gasteiger partial charge in [0.05, 0.1) is 6.54 Å². The second kappa shape index (κ2) is 8.90. The fourth-order valence-corrected chi connectivity index (χ4v) is 5.06. The highest BCUT2D eigenvalue weighted by Crippen LogP contribution is 2.23. The second-order valence-corrected chi connectivity index (χ2v) is 9.25. The van der Waals surface area contributed by atoms with Crippen LogP contribution < -0.4 is 5.32 Å². The molecule has 3 aromatic rings. The van der Waals surface area contributed by atoms with Gasteiger partial charge in [0.15, 0.2) is 5.65 Å². The first-order valence-electron chi connectivity index (χ1n) is 11.8. The van der Waals surface area contributed by atoms with Gasteiger partial charge in [-0.05, 0) is 62.1 Å². The van der Waals surface area contributed by atoms with Gasteiger partial charge in [-0.2, -0.15) is 0 Å². The number of pyridine rings is 1. The summed E-state index contributed by atoms with van der Waals surface area (Å²) in [7, 11) is 0. The normalized spacial score (nSPS) is 17.9. The van der Waals surface area contributed by atoms with Gasteiger partial charge in [0.25, 0.3) is 0 Å². The SMILES string of the molecule is Cc1cc(C)cc(-n2c(CN3CCN(C(=O)NC4CCCC4)CC3)nc3cccnc32)c1. The van der Waals surface area contributed by atoms with Gasteiger partial charge < -0.3 is 10.2 Å². The van der Waals surface area contributed by atoms with Gasteiger partial charge in [0, 0.05) is 44.1 Å². The summed E-state index contributed by atoms with van der Waals surface area (Å²) in [5, 5.41) is 3.22. The van der Waals surface area contributed by atoms with Crippen LogP contribution in [-0.4, -0.2) is 62.6 Å². The number of hydrogen-bond acceptors (Lipinski definition) is 4. The Bertz CT molecular complexity index is 1090. The average molecular weight is 433 g/mol. The molecule has 32 heavy (non-hydrogen) atoms. The fourth-order valence-electron chi connectivity index (χ4n) is 5.06. The monoisotopic (exact) mass is 432 g/mol. The van der Waals surface area contributed by atoms with E-state index in [4.69, 9.17) is 4.98 Å². The predicted molar refractivity (Wildman–Crippen MR) is 126 cm³/mol. The van der Waals surface area contributed by atoms with Crippen LogP contribution in [0, 0.1) is 13.8 Å². The molecule has 1 saturated heterocycles. The number of aryl methyl sites for hydroxylation is 2. The number of rotatable bonds is 4. The molecule has 2 fully saturated rings. The molecule has 1 aliphatic heterocycles. The number of hydrogen-bond donors (Lipinski definition) is 1. The van der Waals surface area contributed by atoms with Crippen molar-refractivity contribution in [2.45, 2.75) is 52.1 Å². The molecule has 2 amide bonds. The van der Waals surface area contributed by atoms with Crippen LogP contribution >= 0.6 is 0 Å². The van der Waals surface area contributed by atoms with E-state index in [0.29, 0.717) is 6.04 Å². The minimum atomic E-state index is 0.100. The number of imidazole rings is 1. The maximum Gasteiger partial charge on any atom is 0.317 e. The molecule has 5 rings (SSSR count). The molecule has 0 unspecified atom stereocenters. The number of nitrogens with one attached hydrogen (secondary N) is 1. The van der Waals surface area contributed by atoms with Gasteiger partial charge >= 0.3 is 6.03 Å². The van der Waals surface area contributed by atoms with Crippen LogP contribution in [0.5, 0.6) is 0 Å². The van der Waals surface area contributed by atoms with Crippen molar-refractivity contribution >= 4 is 17.2 Å². The Balaban J connectivity index is 1.32. The van der Waals surface area contributed by atoms with E-state index in [1.807, 2.05) is 23.2 Å². The molecule has 3 heterocycles. The number of amides is 2. The number of carbonyl (C=O) groups excluding carboxylic acids is 1. The molecule has 1 aliphatic carbocycles. The van der Waals surface area contributed by atoms with Crippen LogP contribution in [-0.2, 0) is 6.54 Å². The Morgan fingerprint density at radius 3 is 2.50 bits per heavy atom. The van der Waals surface area contributed by atoms with Crippen molar-refractivity contribution in [1.82, 2.24) is 29.7 Å². The zero-order valence-electron chi connectivity index (χ0n) is 19.0.